The van der Waals surface area contributed by atoms with Gasteiger partial charge in [0.25, 0.3) is 5.76 Å². The van der Waals surface area contributed by atoms with Crippen molar-refractivity contribution in [1.29, 1.82) is 0 Å². The second kappa shape index (κ2) is 10.2. The summed E-state index contributed by atoms with van der Waals surface area (Å²) in [7, 11) is 1.64. The maximum atomic E-state index is 12.6. The molecular formula is C20H23F2N3O2S. The number of alkyl halides is 2. The number of hydrogen-bond donors (Lipinski definition) is 2. The fraction of sp³-hybridized carbons (Fsp3) is 0.300. The van der Waals surface area contributed by atoms with E-state index >= 15 is 0 Å². The van der Waals surface area contributed by atoms with E-state index in [0.717, 1.165) is 16.8 Å². The lowest BCUT2D eigenvalue weighted by atomic mass is 10.1. The Hall–Kier alpha value is -2.45. The van der Waals surface area contributed by atoms with Crippen LogP contribution < -0.4 is 10.6 Å². The summed E-state index contributed by atoms with van der Waals surface area (Å²) in [6, 6.07) is 12.1. The van der Waals surface area contributed by atoms with Crippen LogP contribution in [0.2, 0.25) is 0 Å². The minimum absolute atomic E-state index is 0.0224. The molecule has 0 radical (unpaired) electrons. The molecule has 0 saturated heterocycles. The Balaban J connectivity index is 1.90. The second-order valence-corrected chi connectivity index (χ2v) is 7.44. The summed E-state index contributed by atoms with van der Waals surface area (Å²) < 4.78 is 25.2. The highest BCUT2D eigenvalue weighted by Crippen LogP contribution is 2.31. The highest BCUT2D eigenvalue weighted by molar-refractivity contribution is 7.99. The lowest BCUT2D eigenvalue weighted by Gasteiger charge is -2.18. The third-order valence-corrected chi connectivity index (χ3v) is 4.74. The molecule has 0 spiro atoms. The number of para-hydroxylation sites is 2. The number of carbonyl (C=O) groups excluding carboxylic acids is 2. The standard InChI is InChI=1S/C20H23F2N3O2S/c1-13-7-6-8-14(2)19(13)24-18(27)12-25(3)11-17(26)23-15-9-4-5-10-16(15)28-20(21)22/h4-10,20H,11-12H2,1-3H3,(H,23,26)(H,24,27). The zero-order chi connectivity index (χ0) is 20.7. The maximum absolute atomic E-state index is 12.6. The number of amides is 2. The molecule has 2 amide bonds. The van der Waals surface area contributed by atoms with Gasteiger partial charge < -0.3 is 10.6 Å². The molecule has 0 aliphatic carbocycles. The number of hydrogen-bond acceptors (Lipinski definition) is 4. The van der Waals surface area contributed by atoms with Crippen molar-refractivity contribution in [2.45, 2.75) is 24.5 Å². The Morgan fingerprint density at radius 3 is 2.14 bits per heavy atom. The molecule has 0 unspecified atom stereocenters. The Morgan fingerprint density at radius 1 is 0.964 bits per heavy atom. The van der Waals surface area contributed by atoms with Crippen molar-refractivity contribution in [2.75, 3.05) is 30.8 Å². The quantitative estimate of drug-likeness (QED) is 0.646. The van der Waals surface area contributed by atoms with E-state index in [-0.39, 0.29) is 24.9 Å². The van der Waals surface area contributed by atoms with E-state index in [4.69, 9.17) is 0 Å². The van der Waals surface area contributed by atoms with E-state index in [1.165, 1.54) is 6.07 Å². The van der Waals surface area contributed by atoms with E-state index in [0.29, 0.717) is 22.3 Å². The van der Waals surface area contributed by atoms with E-state index in [2.05, 4.69) is 10.6 Å². The first kappa shape index (κ1) is 21.8. The van der Waals surface area contributed by atoms with Gasteiger partial charge in [-0.05, 0) is 44.2 Å². The lowest BCUT2D eigenvalue weighted by Crippen LogP contribution is -2.36. The van der Waals surface area contributed by atoms with Crippen molar-refractivity contribution in [3.05, 3.63) is 53.6 Å². The molecule has 0 fully saturated rings. The van der Waals surface area contributed by atoms with Crippen LogP contribution in [0.25, 0.3) is 0 Å². The third kappa shape index (κ3) is 6.61. The average Bonchev–Trinajstić information content (AvgIpc) is 2.59. The largest absolute Gasteiger partial charge is 0.324 e. The van der Waals surface area contributed by atoms with Crippen LogP contribution in [0, 0.1) is 13.8 Å². The molecule has 5 nitrogen and oxygen atoms in total. The summed E-state index contributed by atoms with van der Waals surface area (Å²) in [4.78, 5) is 26.3. The first-order valence-corrected chi connectivity index (χ1v) is 9.52. The Bertz CT molecular complexity index is 826. The van der Waals surface area contributed by atoms with Gasteiger partial charge in [0.15, 0.2) is 0 Å². The topological polar surface area (TPSA) is 61.4 Å². The van der Waals surface area contributed by atoms with Gasteiger partial charge in [0.2, 0.25) is 11.8 Å². The molecule has 0 aliphatic rings. The number of carbonyl (C=O) groups is 2. The third-order valence-electron chi connectivity index (χ3n) is 3.95. The van der Waals surface area contributed by atoms with Crippen LogP contribution in [-0.4, -0.2) is 42.6 Å². The molecule has 0 heterocycles. The Kier molecular flexibility index (Phi) is 7.95. The van der Waals surface area contributed by atoms with Crippen molar-refractivity contribution in [2.24, 2.45) is 0 Å². The zero-order valence-electron chi connectivity index (χ0n) is 16.0. The van der Waals surface area contributed by atoms with Crippen molar-refractivity contribution in [3.63, 3.8) is 0 Å². The molecule has 0 aliphatic heterocycles. The summed E-state index contributed by atoms with van der Waals surface area (Å²) in [5, 5.41) is 5.49. The van der Waals surface area contributed by atoms with Gasteiger partial charge in [0.05, 0.1) is 18.8 Å². The minimum atomic E-state index is -2.57. The lowest BCUT2D eigenvalue weighted by molar-refractivity contribution is -0.119. The number of nitrogens with one attached hydrogen (secondary N) is 2. The van der Waals surface area contributed by atoms with Crippen LogP contribution in [0.3, 0.4) is 0 Å². The van der Waals surface area contributed by atoms with Crippen LogP contribution in [0.15, 0.2) is 47.4 Å². The predicted molar refractivity (Wildman–Crippen MR) is 109 cm³/mol. The highest BCUT2D eigenvalue weighted by atomic mass is 32.2. The van der Waals surface area contributed by atoms with Crippen LogP contribution in [-0.2, 0) is 9.59 Å². The summed E-state index contributed by atoms with van der Waals surface area (Å²) >= 11 is 0.375. The molecule has 28 heavy (non-hydrogen) atoms. The van der Waals surface area contributed by atoms with Crippen molar-refractivity contribution < 1.29 is 18.4 Å². The fourth-order valence-corrected chi connectivity index (χ4v) is 3.29. The molecule has 0 aromatic heterocycles. The SMILES string of the molecule is Cc1cccc(C)c1NC(=O)CN(C)CC(=O)Nc1ccccc1SC(F)F. The monoisotopic (exact) mass is 407 g/mol. The summed E-state index contributed by atoms with van der Waals surface area (Å²) in [6.07, 6.45) is 0. The number of aryl methyl sites for hydroxylation is 2. The Morgan fingerprint density at radius 2 is 1.54 bits per heavy atom. The first-order valence-electron chi connectivity index (χ1n) is 8.64. The van der Waals surface area contributed by atoms with Gasteiger partial charge in [-0.1, -0.05) is 42.1 Å². The van der Waals surface area contributed by atoms with Gasteiger partial charge in [-0.2, -0.15) is 8.78 Å². The number of thioether (sulfide) groups is 1. The van der Waals surface area contributed by atoms with E-state index in [9.17, 15) is 18.4 Å². The zero-order valence-corrected chi connectivity index (χ0v) is 16.8. The van der Waals surface area contributed by atoms with Gasteiger partial charge >= 0.3 is 0 Å². The predicted octanol–water partition coefficient (Wildman–Crippen LogP) is 4.13. The van der Waals surface area contributed by atoms with Crippen LogP contribution >= 0.6 is 11.8 Å². The van der Waals surface area contributed by atoms with E-state index in [1.807, 2.05) is 32.0 Å². The molecule has 2 aromatic carbocycles. The molecule has 2 aromatic rings. The number of nitrogens with zero attached hydrogens (tertiary/aromatic N) is 1. The van der Waals surface area contributed by atoms with Crippen LogP contribution in [0.1, 0.15) is 11.1 Å². The number of benzene rings is 2. The fourth-order valence-electron chi connectivity index (χ4n) is 2.70. The van der Waals surface area contributed by atoms with E-state index in [1.54, 1.807) is 30.1 Å². The molecule has 8 heteroatoms. The summed E-state index contributed by atoms with van der Waals surface area (Å²) in [5.41, 5.74) is 3.01. The normalized spacial score (nSPS) is 11.0. The molecular weight excluding hydrogens is 384 g/mol. The number of anilines is 2. The molecule has 2 rings (SSSR count). The molecule has 0 atom stereocenters. The average molecular weight is 407 g/mol. The molecule has 150 valence electrons. The van der Waals surface area contributed by atoms with Gasteiger partial charge in [-0.3, -0.25) is 14.5 Å². The number of rotatable bonds is 8. The van der Waals surface area contributed by atoms with Gasteiger partial charge in [-0.15, -0.1) is 0 Å². The second-order valence-electron chi connectivity index (χ2n) is 6.41. The minimum Gasteiger partial charge on any atom is -0.324 e. The first-order chi connectivity index (χ1) is 13.3. The summed E-state index contributed by atoms with van der Waals surface area (Å²) in [6.45, 7) is 3.80. The number of halogens is 2. The van der Waals surface area contributed by atoms with Gasteiger partial charge in [0.1, 0.15) is 0 Å². The summed E-state index contributed by atoms with van der Waals surface area (Å²) in [5.74, 6) is -3.19. The van der Waals surface area contributed by atoms with Crippen molar-refractivity contribution in [3.8, 4) is 0 Å². The maximum Gasteiger partial charge on any atom is 0.288 e. The smallest absolute Gasteiger partial charge is 0.288 e. The van der Waals surface area contributed by atoms with E-state index < -0.39 is 5.76 Å². The van der Waals surface area contributed by atoms with Crippen LogP contribution in [0.5, 0.6) is 0 Å². The Labute approximate surface area is 167 Å². The number of likely N-dealkylation sites (N-methyl/N-ethyl adjacent to an activating group) is 1. The van der Waals surface area contributed by atoms with Gasteiger partial charge in [0, 0.05) is 10.6 Å². The molecule has 0 bridgehead atoms. The van der Waals surface area contributed by atoms with Crippen molar-refractivity contribution in [1.82, 2.24) is 4.90 Å². The highest BCUT2D eigenvalue weighted by Gasteiger charge is 2.15. The molecule has 2 N–H and O–H groups in total. The molecule has 0 saturated carbocycles. The van der Waals surface area contributed by atoms with Gasteiger partial charge in [-0.25, -0.2) is 0 Å². The van der Waals surface area contributed by atoms with Crippen molar-refractivity contribution >= 4 is 35.0 Å². The van der Waals surface area contributed by atoms with Crippen LogP contribution in [0.4, 0.5) is 20.2 Å².